The molecule has 0 fully saturated rings. The lowest BCUT2D eigenvalue weighted by atomic mass is 10.2. The minimum Gasteiger partial charge on any atom is -0.366 e. The summed E-state index contributed by atoms with van der Waals surface area (Å²) in [7, 11) is 3.90. The Morgan fingerprint density at radius 2 is 2.00 bits per heavy atom. The van der Waals surface area contributed by atoms with E-state index in [4.69, 9.17) is 5.73 Å². The Balaban J connectivity index is 2.62. The van der Waals surface area contributed by atoms with Gasteiger partial charge in [0.2, 0.25) is 5.91 Å². The van der Waals surface area contributed by atoms with Crippen molar-refractivity contribution in [3.63, 3.8) is 0 Å². The molecule has 1 amide bonds. The number of nitrogens with two attached hydrogens (primary N) is 1. The molecule has 0 aromatic heterocycles. The first kappa shape index (κ1) is 17.5. The van der Waals surface area contributed by atoms with Gasteiger partial charge in [0.15, 0.2) is 0 Å². The maximum absolute atomic E-state index is 11.9. The second kappa shape index (κ2) is 8.69. The quantitative estimate of drug-likeness (QED) is 0.625. The molecule has 0 saturated heterocycles. The van der Waals surface area contributed by atoms with Crippen LogP contribution in [0.4, 0.5) is 11.4 Å². The van der Waals surface area contributed by atoms with Crippen LogP contribution in [0.15, 0.2) is 29.3 Å². The number of amidine groups is 1. The third-order valence-corrected chi connectivity index (χ3v) is 3.69. The van der Waals surface area contributed by atoms with Crippen molar-refractivity contribution in [2.75, 3.05) is 31.4 Å². The van der Waals surface area contributed by atoms with Crippen molar-refractivity contribution in [3.8, 4) is 0 Å². The number of benzene rings is 1. The largest absolute Gasteiger partial charge is 0.366 e. The fourth-order valence-electron chi connectivity index (χ4n) is 1.52. The number of carbonyl (C=O) groups is 1. The van der Waals surface area contributed by atoms with E-state index in [0.29, 0.717) is 6.42 Å². The van der Waals surface area contributed by atoms with Crippen molar-refractivity contribution in [3.05, 3.63) is 24.3 Å². The zero-order valence-electron chi connectivity index (χ0n) is 13.1. The SMILES string of the molecule is CSCC[C@H](N)C(=O)Nc1ccc(/N=C(\C)N(C)C)cc1. The lowest BCUT2D eigenvalue weighted by molar-refractivity contribution is -0.117. The monoisotopic (exact) mass is 308 g/mol. The minimum atomic E-state index is -0.467. The van der Waals surface area contributed by atoms with Crippen LogP contribution in [-0.4, -0.2) is 48.8 Å². The molecule has 1 aromatic rings. The lowest BCUT2D eigenvalue weighted by Gasteiger charge is -2.12. The summed E-state index contributed by atoms with van der Waals surface area (Å²) in [5.41, 5.74) is 7.42. The van der Waals surface area contributed by atoms with Gasteiger partial charge in [-0.1, -0.05) is 0 Å². The zero-order chi connectivity index (χ0) is 15.8. The molecule has 0 aliphatic heterocycles. The van der Waals surface area contributed by atoms with Gasteiger partial charge in [-0.2, -0.15) is 11.8 Å². The summed E-state index contributed by atoms with van der Waals surface area (Å²) in [4.78, 5) is 18.3. The highest BCUT2D eigenvalue weighted by atomic mass is 32.2. The molecule has 5 nitrogen and oxygen atoms in total. The number of thioether (sulfide) groups is 1. The van der Waals surface area contributed by atoms with Crippen LogP contribution in [-0.2, 0) is 4.79 Å². The Morgan fingerprint density at radius 1 is 1.38 bits per heavy atom. The lowest BCUT2D eigenvalue weighted by Crippen LogP contribution is -2.36. The van der Waals surface area contributed by atoms with Crippen LogP contribution in [0.3, 0.4) is 0 Å². The van der Waals surface area contributed by atoms with Crippen LogP contribution >= 0.6 is 11.8 Å². The highest BCUT2D eigenvalue weighted by molar-refractivity contribution is 7.98. The molecule has 0 radical (unpaired) electrons. The number of nitrogens with zero attached hydrogens (tertiary/aromatic N) is 2. The van der Waals surface area contributed by atoms with Crippen molar-refractivity contribution < 1.29 is 4.79 Å². The molecule has 0 aliphatic carbocycles. The molecule has 0 saturated carbocycles. The molecule has 1 rings (SSSR count). The molecular formula is C15H24N4OS. The summed E-state index contributed by atoms with van der Waals surface area (Å²) in [5, 5.41) is 2.82. The molecule has 6 heteroatoms. The summed E-state index contributed by atoms with van der Waals surface area (Å²) in [6.07, 6.45) is 2.68. The molecule has 0 unspecified atom stereocenters. The number of nitrogens with one attached hydrogen (secondary N) is 1. The molecule has 0 bridgehead atoms. The third kappa shape index (κ3) is 6.18. The van der Waals surface area contributed by atoms with Gasteiger partial charge in [0, 0.05) is 19.8 Å². The maximum Gasteiger partial charge on any atom is 0.241 e. The average molecular weight is 308 g/mol. The van der Waals surface area contributed by atoms with Crippen LogP contribution in [0.25, 0.3) is 0 Å². The highest BCUT2D eigenvalue weighted by Crippen LogP contribution is 2.17. The van der Waals surface area contributed by atoms with Crippen molar-refractivity contribution in [2.24, 2.45) is 10.7 Å². The molecule has 3 N–H and O–H groups in total. The van der Waals surface area contributed by atoms with E-state index in [1.165, 1.54) is 0 Å². The number of rotatable bonds is 6. The van der Waals surface area contributed by atoms with Gasteiger partial charge in [0.25, 0.3) is 0 Å². The van der Waals surface area contributed by atoms with E-state index in [2.05, 4.69) is 10.3 Å². The van der Waals surface area contributed by atoms with E-state index in [9.17, 15) is 4.79 Å². The van der Waals surface area contributed by atoms with Crippen LogP contribution in [0, 0.1) is 0 Å². The Labute approximate surface area is 131 Å². The van der Waals surface area contributed by atoms with Crippen LogP contribution in [0.1, 0.15) is 13.3 Å². The highest BCUT2D eigenvalue weighted by Gasteiger charge is 2.12. The molecule has 1 aromatic carbocycles. The predicted molar refractivity (Wildman–Crippen MR) is 92.5 cm³/mol. The molecule has 116 valence electrons. The molecular weight excluding hydrogens is 284 g/mol. The molecule has 21 heavy (non-hydrogen) atoms. The first-order valence-electron chi connectivity index (χ1n) is 6.82. The van der Waals surface area contributed by atoms with Crippen molar-refractivity contribution in [2.45, 2.75) is 19.4 Å². The smallest absolute Gasteiger partial charge is 0.241 e. The van der Waals surface area contributed by atoms with E-state index >= 15 is 0 Å². The zero-order valence-corrected chi connectivity index (χ0v) is 13.9. The topological polar surface area (TPSA) is 70.7 Å². The molecule has 0 aliphatic rings. The van der Waals surface area contributed by atoms with E-state index < -0.39 is 6.04 Å². The standard InChI is InChI=1S/C15H24N4OS/c1-11(19(2)3)17-12-5-7-13(8-6-12)18-15(20)14(16)9-10-21-4/h5-8,14H,9-10,16H2,1-4H3,(H,18,20)/b17-11+/t14-/m0/s1. The first-order chi connectivity index (χ1) is 9.93. The van der Waals surface area contributed by atoms with Gasteiger partial charge in [-0.25, -0.2) is 4.99 Å². The Kier molecular flexibility index (Phi) is 7.25. The van der Waals surface area contributed by atoms with Gasteiger partial charge in [-0.05, 0) is 49.6 Å². The van der Waals surface area contributed by atoms with Gasteiger partial charge in [0.1, 0.15) is 5.84 Å². The molecule has 0 heterocycles. The molecule has 1 atom stereocenters. The van der Waals surface area contributed by atoms with E-state index in [1.807, 2.05) is 56.4 Å². The summed E-state index contributed by atoms with van der Waals surface area (Å²) in [5.74, 6) is 1.65. The van der Waals surface area contributed by atoms with Gasteiger partial charge in [0.05, 0.1) is 11.7 Å². The van der Waals surface area contributed by atoms with Gasteiger partial charge in [-0.15, -0.1) is 0 Å². The number of anilines is 1. The average Bonchev–Trinajstić information content (AvgIpc) is 2.46. The van der Waals surface area contributed by atoms with Crippen LogP contribution < -0.4 is 11.1 Å². The fourth-order valence-corrected chi connectivity index (χ4v) is 2.01. The third-order valence-electron chi connectivity index (χ3n) is 3.04. The Bertz CT molecular complexity index is 485. The second-order valence-corrected chi connectivity index (χ2v) is 5.96. The number of hydrogen-bond donors (Lipinski definition) is 2. The predicted octanol–water partition coefficient (Wildman–Crippen LogP) is 2.32. The fraction of sp³-hybridized carbons (Fsp3) is 0.467. The summed E-state index contributed by atoms with van der Waals surface area (Å²) in [6, 6.07) is 6.94. The number of hydrogen-bond acceptors (Lipinski definition) is 4. The summed E-state index contributed by atoms with van der Waals surface area (Å²) < 4.78 is 0. The number of carbonyl (C=O) groups excluding carboxylic acids is 1. The van der Waals surface area contributed by atoms with Gasteiger partial charge in [-0.3, -0.25) is 4.79 Å². The summed E-state index contributed by atoms with van der Waals surface area (Å²) >= 11 is 1.68. The maximum atomic E-state index is 11.9. The van der Waals surface area contributed by atoms with Crippen LogP contribution in [0.5, 0.6) is 0 Å². The molecule has 0 spiro atoms. The van der Waals surface area contributed by atoms with Crippen molar-refractivity contribution in [1.82, 2.24) is 4.90 Å². The van der Waals surface area contributed by atoms with Crippen LogP contribution in [0.2, 0.25) is 0 Å². The second-order valence-electron chi connectivity index (χ2n) is 4.98. The van der Waals surface area contributed by atoms with Crippen molar-refractivity contribution >= 4 is 34.9 Å². The number of aliphatic imine (C=N–C) groups is 1. The van der Waals surface area contributed by atoms with E-state index in [-0.39, 0.29) is 5.91 Å². The van der Waals surface area contributed by atoms with E-state index in [0.717, 1.165) is 23.0 Å². The minimum absolute atomic E-state index is 0.148. The Morgan fingerprint density at radius 3 is 2.52 bits per heavy atom. The van der Waals surface area contributed by atoms with E-state index in [1.54, 1.807) is 11.8 Å². The van der Waals surface area contributed by atoms with Gasteiger partial charge >= 0.3 is 0 Å². The van der Waals surface area contributed by atoms with Crippen molar-refractivity contribution in [1.29, 1.82) is 0 Å². The normalized spacial score (nSPS) is 12.9. The Hall–Kier alpha value is -1.53. The number of amides is 1. The van der Waals surface area contributed by atoms with Gasteiger partial charge < -0.3 is 16.0 Å². The summed E-state index contributed by atoms with van der Waals surface area (Å²) in [6.45, 7) is 1.94. The first-order valence-corrected chi connectivity index (χ1v) is 8.21.